The molecular weight excluding hydrogens is 226 g/mol. The maximum absolute atomic E-state index is 10.6. The minimum absolute atomic E-state index is 0.492. The van der Waals surface area contributed by atoms with E-state index in [2.05, 4.69) is 21.5 Å². The van der Waals surface area contributed by atoms with Crippen LogP contribution in [-0.4, -0.2) is 19.6 Å². The van der Waals surface area contributed by atoms with Gasteiger partial charge in [0.15, 0.2) is 0 Å². The van der Waals surface area contributed by atoms with Crippen LogP contribution < -0.4 is 0 Å². The van der Waals surface area contributed by atoms with Crippen molar-refractivity contribution in [3.05, 3.63) is 48.3 Å². The molecule has 0 amide bonds. The molecule has 18 heavy (non-hydrogen) atoms. The number of aryl methyl sites for hydroxylation is 1. The number of aromatic nitrogens is 3. The summed E-state index contributed by atoms with van der Waals surface area (Å²) in [5, 5.41) is 10.6. The summed E-state index contributed by atoms with van der Waals surface area (Å²) in [6, 6.07) is 3.72. The first-order valence-corrected chi connectivity index (χ1v) is 6.26. The smallest absolute Gasteiger partial charge is 0.111 e. The molecule has 0 aliphatic heterocycles. The van der Waals surface area contributed by atoms with E-state index in [4.69, 9.17) is 0 Å². The molecule has 1 unspecified atom stereocenters. The molecule has 1 N–H and O–H groups in total. The van der Waals surface area contributed by atoms with Gasteiger partial charge in [-0.15, -0.1) is 0 Å². The molecule has 0 aliphatic carbocycles. The van der Waals surface area contributed by atoms with Crippen molar-refractivity contribution in [2.24, 2.45) is 0 Å². The Morgan fingerprint density at radius 3 is 2.89 bits per heavy atom. The first-order chi connectivity index (χ1) is 8.63. The topological polar surface area (TPSA) is 50.9 Å². The van der Waals surface area contributed by atoms with Crippen molar-refractivity contribution in [2.75, 3.05) is 0 Å². The Hall–Kier alpha value is -1.68. The molecule has 2 aromatic rings. The minimum atomic E-state index is -0.939. The van der Waals surface area contributed by atoms with Crippen LogP contribution in [0.25, 0.3) is 0 Å². The first-order valence-electron chi connectivity index (χ1n) is 6.26. The van der Waals surface area contributed by atoms with E-state index in [1.807, 2.05) is 18.3 Å². The second-order valence-corrected chi connectivity index (χ2v) is 4.73. The van der Waals surface area contributed by atoms with E-state index in [1.54, 1.807) is 25.5 Å². The van der Waals surface area contributed by atoms with Gasteiger partial charge in [-0.1, -0.05) is 13.0 Å². The zero-order valence-electron chi connectivity index (χ0n) is 10.9. The summed E-state index contributed by atoms with van der Waals surface area (Å²) in [5.41, 5.74) is -0.124. The zero-order valence-corrected chi connectivity index (χ0v) is 10.9. The third-order valence-electron chi connectivity index (χ3n) is 3.05. The average molecular weight is 245 g/mol. The Balaban J connectivity index is 2.19. The monoisotopic (exact) mass is 245 g/mol. The largest absolute Gasteiger partial charge is 0.385 e. The van der Waals surface area contributed by atoms with Gasteiger partial charge in [0.25, 0.3) is 0 Å². The Kier molecular flexibility index (Phi) is 3.77. The maximum Gasteiger partial charge on any atom is 0.111 e. The number of pyridine rings is 1. The van der Waals surface area contributed by atoms with Crippen molar-refractivity contribution in [3.8, 4) is 0 Å². The fourth-order valence-corrected chi connectivity index (χ4v) is 2.04. The van der Waals surface area contributed by atoms with E-state index in [9.17, 15) is 5.11 Å². The summed E-state index contributed by atoms with van der Waals surface area (Å²) in [4.78, 5) is 8.38. The summed E-state index contributed by atoms with van der Waals surface area (Å²) in [7, 11) is 0. The van der Waals surface area contributed by atoms with Crippen molar-refractivity contribution < 1.29 is 5.11 Å². The standard InChI is InChI=1S/C14H19N3O/c1-3-8-17-9-7-16-13(17)10-14(2,18)12-5-4-6-15-11-12/h4-7,9,11,18H,3,8,10H2,1-2H3. The summed E-state index contributed by atoms with van der Waals surface area (Å²) < 4.78 is 2.09. The summed E-state index contributed by atoms with van der Waals surface area (Å²) >= 11 is 0. The average Bonchev–Trinajstić information content (AvgIpc) is 2.78. The van der Waals surface area contributed by atoms with E-state index in [0.29, 0.717) is 6.42 Å². The Labute approximate surface area is 107 Å². The summed E-state index contributed by atoms with van der Waals surface area (Å²) in [5.74, 6) is 0.908. The molecule has 0 aliphatic rings. The molecule has 2 aromatic heterocycles. The predicted molar refractivity (Wildman–Crippen MR) is 70.0 cm³/mol. The highest BCUT2D eigenvalue weighted by atomic mass is 16.3. The van der Waals surface area contributed by atoms with Crippen LogP contribution in [0.15, 0.2) is 36.9 Å². The molecule has 2 heterocycles. The molecule has 4 nitrogen and oxygen atoms in total. The lowest BCUT2D eigenvalue weighted by Gasteiger charge is -2.23. The highest BCUT2D eigenvalue weighted by Gasteiger charge is 2.25. The van der Waals surface area contributed by atoms with Gasteiger partial charge in [0.1, 0.15) is 5.82 Å². The van der Waals surface area contributed by atoms with E-state index < -0.39 is 5.60 Å². The molecule has 96 valence electrons. The van der Waals surface area contributed by atoms with Crippen molar-refractivity contribution in [1.82, 2.24) is 14.5 Å². The normalized spacial score (nSPS) is 14.4. The SMILES string of the molecule is CCCn1ccnc1CC(C)(O)c1cccnc1. The fraction of sp³-hybridized carbons (Fsp3) is 0.429. The van der Waals surface area contributed by atoms with Crippen LogP contribution in [0.2, 0.25) is 0 Å². The molecule has 0 radical (unpaired) electrons. The predicted octanol–water partition coefficient (Wildman–Crippen LogP) is 2.14. The van der Waals surface area contributed by atoms with Crippen LogP contribution in [0.1, 0.15) is 31.7 Å². The Morgan fingerprint density at radius 1 is 1.39 bits per heavy atom. The van der Waals surface area contributed by atoms with Gasteiger partial charge in [-0.05, 0) is 19.4 Å². The number of hydrogen-bond acceptors (Lipinski definition) is 3. The van der Waals surface area contributed by atoms with Gasteiger partial charge in [-0.2, -0.15) is 0 Å². The van der Waals surface area contributed by atoms with Gasteiger partial charge in [-0.25, -0.2) is 4.98 Å². The van der Waals surface area contributed by atoms with E-state index in [0.717, 1.165) is 24.4 Å². The quantitative estimate of drug-likeness (QED) is 0.878. The number of aliphatic hydroxyl groups is 1. The van der Waals surface area contributed by atoms with Crippen LogP contribution in [0.3, 0.4) is 0 Å². The molecule has 0 fully saturated rings. The second kappa shape index (κ2) is 5.31. The highest BCUT2D eigenvalue weighted by Crippen LogP contribution is 2.23. The van der Waals surface area contributed by atoms with Gasteiger partial charge in [0.05, 0.1) is 5.60 Å². The third-order valence-corrected chi connectivity index (χ3v) is 3.05. The van der Waals surface area contributed by atoms with Gasteiger partial charge in [-0.3, -0.25) is 4.98 Å². The molecule has 1 atom stereocenters. The molecule has 0 spiro atoms. The van der Waals surface area contributed by atoms with Crippen LogP contribution in [-0.2, 0) is 18.6 Å². The Bertz CT molecular complexity index is 491. The van der Waals surface area contributed by atoms with Crippen LogP contribution in [0, 0.1) is 0 Å². The number of imidazole rings is 1. The summed E-state index contributed by atoms with van der Waals surface area (Å²) in [6.07, 6.45) is 8.69. The van der Waals surface area contributed by atoms with Crippen LogP contribution >= 0.6 is 0 Å². The number of rotatable bonds is 5. The van der Waals surface area contributed by atoms with Crippen LogP contribution in [0.4, 0.5) is 0 Å². The molecule has 4 heteroatoms. The molecule has 0 bridgehead atoms. The zero-order chi connectivity index (χ0) is 13.0. The molecule has 2 rings (SSSR count). The van der Waals surface area contributed by atoms with E-state index in [1.165, 1.54) is 0 Å². The fourth-order valence-electron chi connectivity index (χ4n) is 2.04. The van der Waals surface area contributed by atoms with Gasteiger partial charge in [0.2, 0.25) is 0 Å². The van der Waals surface area contributed by atoms with Gasteiger partial charge in [0, 0.05) is 43.3 Å². The first kappa shape index (κ1) is 12.8. The van der Waals surface area contributed by atoms with Crippen LogP contribution in [0.5, 0.6) is 0 Å². The van der Waals surface area contributed by atoms with Crippen molar-refractivity contribution in [1.29, 1.82) is 0 Å². The van der Waals surface area contributed by atoms with Crippen molar-refractivity contribution in [3.63, 3.8) is 0 Å². The second-order valence-electron chi connectivity index (χ2n) is 4.73. The maximum atomic E-state index is 10.6. The Morgan fingerprint density at radius 2 is 2.22 bits per heavy atom. The molecule has 0 aromatic carbocycles. The lowest BCUT2D eigenvalue weighted by atomic mass is 9.93. The minimum Gasteiger partial charge on any atom is -0.385 e. The van der Waals surface area contributed by atoms with E-state index >= 15 is 0 Å². The lowest BCUT2D eigenvalue weighted by molar-refractivity contribution is 0.0542. The highest BCUT2D eigenvalue weighted by molar-refractivity contribution is 5.19. The van der Waals surface area contributed by atoms with Gasteiger partial charge < -0.3 is 9.67 Å². The van der Waals surface area contributed by atoms with Crippen molar-refractivity contribution >= 4 is 0 Å². The lowest BCUT2D eigenvalue weighted by Crippen LogP contribution is -2.26. The van der Waals surface area contributed by atoms with E-state index in [-0.39, 0.29) is 0 Å². The van der Waals surface area contributed by atoms with Gasteiger partial charge >= 0.3 is 0 Å². The number of hydrogen-bond donors (Lipinski definition) is 1. The molecule has 0 saturated carbocycles. The summed E-state index contributed by atoms with van der Waals surface area (Å²) in [6.45, 7) is 4.86. The molecule has 0 saturated heterocycles. The third kappa shape index (κ3) is 2.76. The molecular formula is C14H19N3O. The van der Waals surface area contributed by atoms with Crippen molar-refractivity contribution in [2.45, 2.75) is 38.8 Å². The number of nitrogens with zero attached hydrogens (tertiary/aromatic N) is 3.